The zero-order chi connectivity index (χ0) is 59.6. The van der Waals surface area contributed by atoms with Crippen LogP contribution in [0.25, 0.3) is 88.1 Å². The predicted molar refractivity (Wildman–Crippen MR) is 364 cm³/mol. The van der Waals surface area contributed by atoms with Gasteiger partial charge in [0.15, 0.2) is 0 Å². The van der Waals surface area contributed by atoms with Crippen LogP contribution in [0.2, 0.25) is 0 Å². The number of carbonyl (C=O) groups excluding carboxylic acids is 2. The van der Waals surface area contributed by atoms with E-state index in [1.807, 2.05) is 58.3 Å². The second-order valence-electron chi connectivity index (χ2n) is 23.6. The van der Waals surface area contributed by atoms with Crippen molar-refractivity contribution in [3.05, 3.63) is 324 Å². The van der Waals surface area contributed by atoms with E-state index in [2.05, 4.69) is 268 Å². The average molecular weight is 1140 g/mol. The molecule has 0 N–H and O–H groups in total. The van der Waals surface area contributed by atoms with Gasteiger partial charge in [-0.25, -0.2) is 0 Å². The van der Waals surface area contributed by atoms with Gasteiger partial charge in [-0.05, 0) is 117 Å². The van der Waals surface area contributed by atoms with Gasteiger partial charge in [0.05, 0.1) is 36.0 Å². The quantitative estimate of drug-likeness (QED) is 0.137. The molecule has 6 heteroatoms. The van der Waals surface area contributed by atoms with Crippen molar-refractivity contribution < 1.29 is 9.59 Å². The Morgan fingerprint density at radius 1 is 0.330 bits per heavy atom. The highest BCUT2D eigenvalue weighted by molar-refractivity contribution is 6.22. The van der Waals surface area contributed by atoms with Gasteiger partial charge in [0.2, 0.25) is 11.8 Å². The molecule has 88 heavy (non-hydrogen) atoms. The number of para-hydroxylation sites is 4. The largest absolute Gasteiger partial charge is 0.343 e. The standard InChI is InChI=1S/2C41H32N2O/c2*1-27-21-23-30(24-22-27)37-34(39-32-18-10-12-20-36(32)43(41(39)44)26-28-13-5-3-6-14-28)25-33(29-15-7-4-8-16-29)38-31-17-9-11-19-35(31)42(2)40(37)38/h2*3-25,39H,26H2,1-2H3/t2*39-/m10/s1. The number of benzene rings is 12. The molecule has 4 heterocycles. The number of rotatable bonds is 10. The zero-order valence-corrected chi connectivity index (χ0v) is 49.7. The Kier molecular flexibility index (Phi) is 13.6. The molecular weight excluding hydrogens is 1070 g/mol. The molecule has 12 aromatic carbocycles. The maximum absolute atomic E-state index is 14.8. The molecule has 0 saturated heterocycles. The topological polar surface area (TPSA) is 50.5 Å². The zero-order valence-electron chi connectivity index (χ0n) is 49.7. The van der Waals surface area contributed by atoms with E-state index in [-0.39, 0.29) is 11.8 Å². The van der Waals surface area contributed by atoms with Gasteiger partial charge in [-0.15, -0.1) is 0 Å². The van der Waals surface area contributed by atoms with Crippen molar-refractivity contribution in [2.24, 2.45) is 14.1 Å². The Labute approximate surface area is 513 Å². The third-order valence-corrected chi connectivity index (χ3v) is 18.3. The Hall–Kier alpha value is -10.8. The highest BCUT2D eigenvalue weighted by atomic mass is 16.2. The molecule has 0 saturated carbocycles. The summed E-state index contributed by atoms with van der Waals surface area (Å²) in [5.74, 6) is -0.645. The summed E-state index contributed by atoms with van der Waals surface area (Å²) >= 11 is 0. The molecule has 424 valence electrons. The molecule has 2 amide bonds. The van der Waals surface area contributed by atoms with Crippen LogP contribution in [0.4, 0.5) is 11.4 Å². The third kappa shape index (κ3) is 9.10. The fraction of sp³-hybridized carbons (Fsp3) is 0.0976. The highest BCUT2D eigenvalue weighted by Crippen LogP contribution is 2.53. The lowest BCUT2D eigenvalue weighted by Gasteiger charge is -2.22. The average Bonchev–Trinajstić information content (AvgIpc) is 1.58. The Morgan fingerprint density at radius 2 is 0.659 bits per heavy atom. The van der Waals surface area contributed by atoms with E-state index in [0.29, 0.717) is 13.1 Å². The normalized spacial score (nSPS) is 14.5. The van der Waals surface area contributed by atoms with Crippen molar-refractivity contribution in [1.29, 1.82) is 0 Å². The maximum atomic E-state index is 14.8. The molecule has 0 unspecified atom stereocenters. The molecule has 0 fully saturated rings. The Morgan fingerprint density at radius 3 is 1.05 bits per heavy atom. The summed E-state index contributed by atoms with van der Waals surface area (Å²) in [5, 5.41) is 4.86. The molecule has 2 aliphatic rings. The molecule has 0 aliphatic carbocycles. The summed E-state index contributed by atoms with van der Waals surface area (Å²) in [4.78, 5) is 33.5. The lowest BCUT2D eigenvalue weighted by Crippen LogP contribution is -2.28. The maximum Gasteiger partial charge on any atom is 0.239 e. The van der Waals surface area contributed by atoms with Crippen molar-refractivity contribution in [2.75, 3.05) is 9.80 Å². The summed E-state index contributed by atoms with van der Waals surface area (Å²) < 4.78 is 4.64. The highest BCUT2D eigenvalue weighted by Gasteiger charge is 2.42. The van der Waals surface area contributed by atoms with Crippen LogP contribution in [-0.4, -0.2) is 20.9 Å². The van der Waals surface area contributed by atoms with Crippen LogP contribution >= 0.6 is 0 Å². The summed E-state index contributed by atoms with van der Waals surface area (Å²) in [6.07, 6.45) is 0. The van der Waals surface area contributed by atoms with Gasteiger partial charge in [0.1, 0.15) is 0 Å². The number of amides is 2. The van der Waals surface area contributed by atoms with Crippen LogP contribution in [0.3, 0.4) is 0 Å². The van der Waals surface area contributed by atoms with Crippen LogP contribution in [0.5, 0.6) is 0 Å². The number of nitrogens with zero attached hydrogens (tertiary/aromatic N) is 4. The van der Waals surface area contributed by atoms with E-state index < -0.39 is 11.8 Å². The minimum absolute atomic E-state index is 0.112. The van der Waals surface area contributed by atoms with Gasteiger partial charge >= 0.3 is 0 Å². The molecule has 2 atom stereocenters. The van der Waals surface area contributed by atoms with E-state index in [0.717, 1.165) is 100 Å². The van der Waals surface area contributed by atoms with Gasteiger partial charge in [-0.1, -0.05) is 254 Å². The number of anilines is 2. The summed E-state index contributed by atoms with van der Waals surface area (Å²) in [5.41, 5.74) is 24.5. The second kappa shape index (κ2) is 22.2. The molecule has 6 nitrogen and oxygen atoms in total. The minimum Gasteiger partial charge on any atom is -0.343 e. The van der Waals surface area contributed by atoms with Gasteiger partial charge < -0.3 is 18.9 Å². The number of fused-ring (bicyclic) bond motifs is 8. The Balaban J connectivity index is 0.000000148. The van der Waals surface area contributed by atoms with Gasteiger partial charge in [-0.2, -0.15) is 0 Å². The molecule has 2 aromatic heterocycles. The SMILES string of the molecule is Cc1ccc(-c2c([C@@H]3C(=O)N(Cc4ccccc4)c4ccccc43)cc(-c3ccccc3)c3c4ccccc4n(C)c23)cc1.Cc1ccc(-c2c([C@H]3C(=O)N(Cc4ccccc4)c4ccccc43)cc(-c3ccccc3)c3c4ccccc4n(C)c23)cc1. The van der Waals surface area contributed by atoms with Crippen molar-refractivity contribution in [2.45, 2.75) is 38.8 Å². The number of aromatic nitrogens is 2. The van der Waals surface area contributed by atoms with E-state index >= 15 is 0 Å². The van der Waals surface area contributed by atoms with Crippen molar-refractivity contribution in [3.8, 4) is 44.5 Å². The molecular formula is C82H64N4O2. The molecule has 0 spiro atoms. The predicted octanol–water partition coefficient (Wildman–Crippen LogP) is 19.3. The van der Waals surface area contributed by atoms with Crippen molar-refractivity contribution in [3.63, 3.8) is 0 Å². The summed E-state index contributed by atoms with van der Waals surface area (Å²) in [6, 6.07) is 97.8. The van der Waals surface area contributed by atoms with E-state index in [1.165, 1.54) is 43.7 Å². The van der Waals surface area contributed by atoms with Crippen molar-refractivity contribution >= 4 is 66.8 Å². The van der Waals surface area contributed by atoms with E-state index in [9.17, 15) is 9.59 Å². The lowest BCUT2D eigenvalue weighted by molar-refractivity contribution is -0.119. The van der Waals surface area contributed by atoms with Crippen LogP contribution < -0.4 is 9.80 Å². The number of hydrogen-bond donors (Lipinski definition) is 0. The summed E-state index contributed by atoms with van der Waals surface area (Å²) in [6.45, 7) is 5.31. The number of hydrogen-bond acceptors (Lipinski definition) is 2. The fourth-order valence-electron chi connectivity index (χ4n) is 14.2. The minimum atomic E-state index is -0.434. The van der Waals surface area contributed by atoms with Gasteiger partial charge in [0.25, 0.3) is 0 Å². The first-order valence-corrected chi connectivity index (χ1v) is 30.4. The van der Waals surface area contributed by atoms with Gasteiger partial charge in [-0.3, -0.25) is 9.59 Å². The molecule has 16 rings (SSSR count). The fourth-order valence-corrected chi connectivity index (χ4v) is 14.2. The second-order valence-corrected chi connectivity index (χ2v) is 23.6. The van der Waals surface area contributed by atoms with Crippen molar-refractivity contribution in [1.82, 2.24) is 9.13 Å². The smallest absolute Gasteiger partial charge is 0.239 e. The first-order valence-electron chi connectivity index (χ1n) is 30.4. The molecule has 2 aliphatic heterocycles. The van der Waals surface area contributed by atoms with Crippen LogP contribution in [0.1, 0.15) is 56.3 Å². The Bertz CT molecular complexity index is 4670. The van der Waals surface area contributed by atoms with Crippen LogP contribution in [0, 0.1) is 13.8 Å². The molecule has 0 radical (unpaired) electrons. The monoisotopic (exact) mass is 1140 g/mol. The third-order valence-electron chi connectivity index (χ3n) is 18.3. The number of carbonyl (C=O) groups is 2. The lowest BCUT2D eigenvalue weighted by atomic mass is 9.82. The molecule has 14 aromatic rings. The number of aryl methyl sites for hydroxylation is 4. The summed E-state index contributed by atoms with van der Waals surface area (Å²) in [7, 11) is 4.32. The van der Waals surface area contributed by atoms with Crippen LogP contribution in [-0.2, 0) is 36.8 Å². The first kappa shape index (κ1) is 53.9. The first-order chi connectivity index (χ1) is 43.2. The molecule has 0 bridgehead atoms. The van der Waals surface area contributed by atoms with Crippen LogP contribution in [0.15, 0.2) is 279 Å². The van der Waals surface area contributed by atoms with E-state index in [1.54, 1.807) is 0 Å². The van der Waals surface area contributed by atoms with E-state index in [4.69, 9.17) is 0 Å². The van der Waals surface area contributed by atoms with Gasteiger partial charge in [0, 0.05) is 69.2 Å².